The lowest BCUT2D eigenvalue weighted by molar-refractivity contribution is -0.116. The van der Waals surface area contributed by atoms with E-state index in [9.17, 15) is 19.2 Å². The molecule has 13 nitrogen and oxygen atoms in total. The number of carboxylic acid groups (broad SMARTS) is 1. The first kappa shape index (κ1) is 23.4. The van der Waals surface area contributed by atoms with Crippen LogP contribution >= 0.6 is 0 Å². The number of rotatable bonds is 7. The fraction of sp³-hybridized carbons (Fsp3) is 0.444. The predicted octanol–water partition coefficient (Wildman–Crippen LogP) is 0.957. The van der Waals surface area contributed by atoms with E-state index in [1.54, 1.807) is 27.8 Å². The number of carbonyl (C=O) groups is 4. The third-order valence-electron chi connectivity index (χ3n) is 3.68. The van der Waals surface area contributed by atoms with Crippen molar-refractivity contribution in [3.8, 4) is 0 Å². The van der Waals surface area contributed by atoms with E-state index in [1.807, 2.05) is 0 Å². The number of aromatic carboxylic acids is 1. The summed E-state index contributed by atoms with van der Waals surface area (Å²) in [6.45, 7) is 5.25. The summed E-state index contributed by atoms with van der Waals surface area (Å²) in [7, 11) is 3.04. The molecule has 3 amide bonds. The zero-order chi connectivity index (χ0) is 23.3. The highest BCUT2D eigenvalue weighted by Gasteiger charge is 2.19. The van der Waals surface area contributed by atoms with Gasteiger partial charge >= 0.3 is 12.1 Å². The number of aromatic nitrogens is 4. The van der Waals surface area contributed by atoms with E-state index in [4.69, 9.17) is 9.84 Å². The summed E-state index contributed by atoms with van der Waals surface area (Å²) < 4.78 is 7.72. The zero-order valence-electron chi connectivity index (χ0n) is 17.8. The Kier molecular flexibility index (Phi) is 7.00. The molecule has 31 heavy (non-hydrogen) atoms. The molecule has 13 heteroatoms. The molecule has 0 aliphatic heterocycles. The maximum Gasteiger partial charge on any atom is 0.407 e. The number of anilines is 2. The fourth-order valence-corrected chi connectivity index (χ4v) is 2.43. The second-order valence-corrected chi connectivity index (χ2v) is 7.61. The van der Waals surface area contributed by atoms with Gasteiger partial charge in [-0.1, -0.05) is 0 Å². The molecule has 0 aliphatic rings. The maximum absolute atomic E-state index is 12.4. The topological polar surface area (TPSA) is 169 Å². The van der Waals surface area contributed by atoms with Crippen LogP contribution in [0, 0.1) is 0 Å². The number of carboxylic acids is 1. The van der Waals surface area contributed by atoms with Crippen LogP contribution in [0.1, 0.15) is 48.4 Å². The highest BCUT2D eigenvalue weighted by Crippen LogP contribution is 2.12. The Labute approximate surface area is 177 Å². The minimum absolute atomic E-state index is 0.0234. The van der Waals surface area contributed by atoms with Gasteiger partial charge < -0.3 is 34.9 Å². The Morgan fingerprint density at radius 1 is 1.00 bits per heavy atom. The van der Waals surface area contributed by atoms with Crippen LogP contribution in [0.4, 0.5) is 16.4 Å². The largest absolute Gasteiger partial charge is 0.475 e. The Bertz CT molecular complexity index is 1000. The van der Waals surface area contributed by atoms with E-state index in [2.05, 4.69) is 25.9 Å². The molecule has 0 bridgehead atoms. The van der Waals surface area contributed by atoms with E-state index in [0.717, 1.165) is 0 Å². The van der Waals surface area contributed by atoms with Crippen LogP contribution in [0.3, 0.4) is 0 Å². The van der Waals surface area contributed by atoms with E-state index >= 15 is 0 Å². The van der Waals surface area contributed by atoms with Crippen LogP contribution in [0.15, 0.2) is 12.4 Å². The van der Waals surface area contributed by atoms with Crippen molar-refractivity contribution >= 4 is 35.5 Å². The highest BCUT2D eigenvalue weighted by molar-refractivity contribution is 6.02. The van der Waals surface area contributed by atoms with Crippen LogP contribution < -0.4 is 16.0 Å². The summed E-state index contributed by atoms with van der Waals surface area (Å²) in [5, 5.41) is 16.5. The Morgan fingerprint density at radius 2 is 1.55 bits per heavy atom. The molecule has 2 rings (SSSR count). The van der Waals surface area contributed by atoms with Gasteiger partial charge in [-0.3, -0.25) is 9.59 Å². The molecule has 0 radical (unpaired) electrons. The first-order valence-corrected chi connectivity index (χ1v) is 9.24. The van der Waals surface area contributed by atoms with Crippen LogP contribution in [0.25, 0.3) is 0 Å². The van der Waals surface area contributed by atoms with Gasteiger partial charge in [0.1, 0.15) is 5.60 Å². The van der Waals surface area contributed by atoms with E-state index in [0.29, 0.717) is 0 Å². The molecular formula is C18H25N7O6. The molecule has 0 spiro atoms. The lowest BCUT2D eigenvalue weighted by Crippen LogP contribution is -2.34. The lowest BCUT2D eigenvalue weighted by Gasteiger charge is -2.19. The first-order valence-electron chi connectivity index (χ1n) is 9.24. The van der Waals surface area contributed by atoms with Gasteiger partial charge in [0.25, 0.3) is 5.91 Å². The number of amides is 3. The number of hydrogen-bond acceptors (Lipinski definition) is 7. The molecular weight excluding hydrogens is 410 g/mol. The third kappa shape index (κ3) is 6.83. The van der Waals surface area contributed by atoms with Gasteiger partial charge in [-0.25, -0.2) is 19.6 Å². The van der Waals surface area contributed by atoms with Gasteiger partial charge in [0.2, 0.25) is 17.6 Å². The summed E-state index contributed by atoms with van der Waals surface area (Å²) >= 11 is 0. The van der Waals surface area contributed by atoms with Crippen molar-refractivity contribution in [2.75, 3.05) is 17.2 Å². The summed E-state index contributed by atoms with van der Waals surface area (Å²) in [4.78, 5) is 54.9. The number of nitrogens with zero attached hydrogens (tertiary/aromatic N) is 4. The normalized spacial score (nSPS) is 11.0. The van der Waals surface area contributed by atoms with Gasteiger partial charge in [-0.15, -0.1) is 0 Å². The molecule has 2 heterocycles. The molecule has 168 valence electrons. The maximum atomic E-state index is 12.4. The summed E-state index contributed by atoms with van der Waals surface area (Å²) in [5.74, 6) is -2.35. The molecule has 2 aromatic rings. The van der Waals surface area contributed by atoms with Crippen LogP contribution in [0.5, 0.6) is 0 Å². The van der Waals surface area contributed by atoms with Crippen molar-refractivity contribution in [1.82, 2.24) is 24.4 Å². The van der Waals surface area contributed by atoms with E-state index in [-0.39, 0.29) is 36.3 Å². The van der Waals surface area contributed by atoms with Gasteiger partial charge in [-0.05, 0) is 20.8 Å². The lowest BCUT2D eigenvalue weighted by atomic mass is 10.2. The average molecular weight is 435 g/mol. The monoisotopic (exact) mass is 435 g/mol. The molecule has 0 saturated heterocycles. The quantitative estimate of drug-likeness (QED) is 0.498. The summed E-state index contributed by atoms with van der Waals surface area (Å²) in [5.41, 5.74) is -0.637. The number of carbonyl (C=O) groups excluding carboxylic acids is 3. The number of alkyl carbamates (subject to hydrolysis) is 1. The molecule has 2 aromatic heterocycles. The smallest absolute Gasteiger partial charge is 0.407 e. The number of ether oxygens (including phenoxy) is 1. The second-order valence-electron chi connectivity index (χ2n) is 7.61. The third-order valence-corrected chi connectivity index (χ3v) is 3.68. The predicted molar refractivity (Wildman–Crippen MR) is 109 cm³/mol. The first-order chi connectivity index (χ1) is 14.4. The minimum Gasteiger partial charge on any atom is -0.475 e. The molecule has 0 atom stereocenters. The summed E-state index contributed by atoms with van der Waals surface area (Å²) in [6.07, 6.45) is 2.14. The number of nitrogens with one attached hydrogen (secondary N) is 3. The highest BCUT2D eigenvalue weighted by atomic mass is 16.6. The van der Waals surface area contributed by atoms with Crippen molar-refractivity contribution in [1.29, 1.82) is 0 Å². The Hall–Kier alpha value is -3.90. The molecule has 0 fully saturated rings. The summed E-state index contributed by atoms with van der Waals surface area (Å²) in [6, 6.07) is 0. The van der Waals surface area contributed by atoms with Crippen LogP contribution in [-0.4, -0.2) is 60.2 Å². The van der Waals surface area contributed by atoms with Gasteiger partial charge in [0.05, 0.1) is 0 Å². The minimum atomic E-state index is -1.23. The van der Waals surface area contributed by atoms with Crippen molar-refractivity contribution in [2.24, 2.45) is 14.1 Å². The van der Waals surface area contributed by atoms with Crippen LogP contribution in [-0.2, 0) is 23.6 Å². The second kappa shape index (κ2) is 9.28. The fourth-order valence-electron chi connectivity index (χ4n) is 2.43. The average Bonchev–Trinajstić information content (AvgIpc) is 3.15. The number of hydrogen-bond donors (Lipinski definition) is 4. The van der Waals surface area contributed by atoms with Gasteiger partial charge in [0, 0.05) is 39.5 Å². The van der Waals surface area contributed by atoms with E-state index < -0.39 is 29.5 Å². The SMILES string of the molecule is Cn1cc(NC(=O)c2nc(NC(=O)CCNC(=O)OC(C)(C)C)cn2C)nc1C(=O)O. The van der Waals surface area contributed by atoms with Crippen molar-refractivity contribution in [2.45, 2.75) is 32.8 Å². The number of imidazole rings is 2. The molecule has 0 unspecified atom stereocenters. The number of aryl methyl sites for hydroxylation is 2. The standard InChI is InChI=1S/C18H25N7O6/c1-18(2,3)31-17(30)19-7-6-12(26)20-10-8-24(4)13(21-10)15(27)23-11-9-25(5)14(22-11)16(28)29/h8-9H,6-7H2,1-5H3,(H,19,30)(H,20,26)(H,23,27)(H,28,29). The van der Waals surface area contributed by atoms with Crippen molar-refractivity contribution in [3.63, 3.8) is 0 Å². The van der Waals surface area contributed by atoms with Crippen molar-refractivity contribution < 1.29 is 29.0 Å². The Morgan fingerprint density at radius 3 is 2.10 bits per heavy atom. The van der Waals surface area contributed by atoms with Gasteiger partial charge in [-0.2, -0.15) is 0 Å². The zero-order valence-corrected chi connectivity index (χ0v) is 17.8. The molecule has 0 saturated carbocycles. The Balaban J connectivity index is 1.91. The molecule has 4 N–H and O–H groups in total. The van der Waals surface area contributed by atoms with Gasteiger partial charge in [0.15, 0.2) is 11.6 Å². The van der Waals surface area contributed by atoms with Crippen molar-refractivity contribution in [3.05, 3.63) is 24.0 Å². The van der Waals surface area contributed by atoms with Crippen LogP contribution in [0.2, 0.25) is 0 Å². The van der Waals surface area contributed by atoms with E-state index in [1.165, 1.54) is 28.6 Å². The molecule has 0 aliphatic carbocycles. The molecule has 0 aromatic carbocycles.